The van der Waals surface area contributed by atoms with E-state index in [9.17, 15) is 18.3 Å². The minimum atomic E-state index is -3.57. The summed E-state index contributed by atoms with van der Waals surface area (Å²) in [7, 11) is -2.04. The topological polar surface area (TPSA) is 77.9 Å². The van der Waals surface area contributed by atoms with Crippen molar-refractivity contribution in [2.45, 2.75) is 33.7 Å². The highest BCUT2D eigenvalue weighted by Crippen LogP contribution is 2.32. The molecule has 1 rings (SSSR count). The van der Waals surface area contributed by atoms with Crippen molar-refractivity contribution in [3.8, 4) is 0 Å². The maximum absolute atomic E-state index is 12.4. The van der Waals surface area contributed by atoms with Crippen LogP contribution in [0.4, 0.5) is 0 Å². The standard InChI is InChI=1S/C12H24N2O4S/c1-8(2)10-6-14(7-11(10)12(15)16)19(17,18)13(5)9(3)4/h8-11H,6-7H2,1-5H3,(H,15,16)/t10-,11+/m1/s1. The summed E-state index contributed by atoms with van der Waals surface area (Å²) in [6, 6.07) is -0.147. The molecule has 1 saturated heterocycles. The third-order valence-electron chi connectivity index (χ3n) is 3.92. The quantitative estimate of drug-likeness (QED) is 0.815. The summed E-state index contributed by atoms with van der Waals surface area (Å²) in [5.41, 5.74) is 0. The molecule has 2 atom stereocenters. The zero-order valence-corrected chi connectivity index (χ0v) is 13.0. The number of carboxylic acids is 1. The van der Waals surface area contributed by atoms with Gasteiger partial charge in [-0.3, -0.25) is 4.79 Å². The number of aliphatic carboxylic acids is 1. The van der Waals surface area contributed by atoms with Crippen molar-refractivity contribution in [2.24, 2.45) is 17.8 Å². The molecular weight excluding hydrogens is 268 g/mol. The normalized spacial score (nSPS) is 25.7. The van der Waals surface area contributed by atoms with Crippen molar-refractivity contribution in [1.82, 2.24) is 8.61 Å². The van der Waals surface area contributed by atoms with Crippen LogP contribution in [0.2, 0.25) is 0 Å². The highest BCUT2D eigenvalue weighted by molar-refractivity contribution is 7.86. The van der Waals surface area contributed by atoms with Gasteiger partial charge in [0.05, 0.1) is 5.92 Å². The zero-order valence-electron chi connectivity index (χ0n) is 12.2. The van der Waals surface area contributed by atoms with E-state index in [-0.39, 0.29) is 31.0 Å². The first-order valence-corrected chi connectivity index (χ1v) is 7.94. The number of carbonyl (C=O) groups is 1. The molecule has 1 N–H and O–H groups in total. The number of hydrogen-bond donors (Lipinski definition) is 1. The van der Waals surface area contributed by atoms with E-state index in [0.717, 1.165) is 0 Å². The van der Waals surface area contributed by atoms with Gasteiger partial charge >= 0.3 is 5.97 Å². The Hall–Kier alpha value is -0.660. The minimum absolute atomic E-state index is 0.0670. The SMILES string of the molecule is CC(C)[C@H]1CN(S(=O)(=O)N(C)C(C)C)C[C@@H]1C(=O)O. The van der Waals surface area contributed by atoms with E-state index >= 15 is 0 Å². The number of hydrogen-bond acceptors (Lipinski definition) is 3. The van der Waals surface area contributed by atoms with Gasteiger partial charge in [-0.15, -0.1) is 0 Å². The molecule has 0 amide bonds. The molecule has 1 heterocycles. The van der Waals surface area contributed by atoms with Crippen LogP contribution in [-0.2, 0) is 15.0 Å². The van der Waals surface area contributed by atoms with E-state index in [1.807, 2.05) is 13.8 Å². The van der Waals surface area contributed by atoms with Crippen LogP contribution < -0.4 is 0 Å². The molecular formula is C12H24N2O4S. The van der Waals surface area contributed by atoms with Gasteiger partial charge in [-0.1, -0.05) is 13.8 Å². The average Bonchev–Trinajstić information content (AvgIpc) is 2.73. The second kappa shape index (κ2) is 5.76. The largest absolute Gasteiger partial charge is 0.481 e. The predicted octanol–water partition coefficient (Wildman–Crippen LogP) is 0.860. The summed E-state index contributed by atoms with van der Waals surface area (Å²) in [6.45, 7) is 7.81. The number of nitrogens with zero attached hydrogens (tertiary/aromatic N) is 2. The summed E-state index contributed by atoms with van der Waals surface area (Å²) in [5.74, 6) is -1.52. The van der Waals surface area contributed by atoms with Gasteiger partial charge in [0, 0.05) is 26.2 Å². The third kappa shape index (κ3) is 3.27. The van der Waals surface area contributed by atoms with Gasteiger partial charge in [0.15, 0.2) is 0 Å². The molecule has 0 spiro atoms. The fourth-order valence-corrected chi connectivity index (χ4v) is 3.97. The van der Waals surface area contributed by atoms with Gasteiger partial charge in [0.1, 0.15) is 0 Å². The van der Waals surface area contributed by atoms with Crippen LogP contribution in [0.5, 0.6) is 0 Å². The van der Waals surface area contributed by atoms with E-state index in [0.29, 0.717) is 0 Å². The molecule has 0 bridgehead atoms. The van der Waals surface area contributed by atoms with Crippen molar-refractivity contribution >= 4 is 16.2 Å². The zero-order chi connectivity index (χ0) is 15.0. The lowest BCUT2D eigenvalue weighted by molar-refractivity contribution is -0.142. The Morgan fingerprint density at radius 1 is 1.26 bits per heavy atom. The fourth-order valence-electron chi connectivity index (χ4n) is 2.37. The molecule has 19 heavy (non-hydrogen) atoms. The highest BCUT2D eigenvalue weighted by atomic mass is 32.2. The lowest BCUT2D eigenvalue weighted by Crippen LogP contribution is -2.44. The fraction of sp³-hybridized carbons (Fsp3) is 0.917. The van der Waals surface area contributed by atoms with Gasteiger partial charge in [0.25, 0.3) is 10.2 Å². The number of rotatable bonds is 5. The Kier molecular flexibility index (Phi) is 4.97. The summed E-state index contributed by atoms with van der Waals surface area (Å²) >= 11 is 0. The van der Waals surface area contributed by atoms with E-state index in [2.05, 4.69) is 0 Å². The molecule has 112 valence electrons. The summed E-state index contributed by atoms with van der Waals surface area (Å²) in [6.07, 6.45) is 0. The lowest BCUT2D eigenvalue weighted by atomic mass is 9.86. The van der Waals surface area contributed by atoms with Crippen molar-refractivity contribution < 1.29 is 18.3 Å². The van der Waals surface area contributed by atoms with Gasteiger partial charge in [-0.25, -0.2) is 0 Å². The average molecular weight is 292 g/mol. The monoisotopic (exact) mass is 292 g/mol. The first-order chi connectivity index (χ1) is 8.59. The van der Waals surface area contributed by atoms with Crippen molar-refractivity contribution in [3.63, 3.8) is 0 Å². The molecule has 6 nitrogen and oxygen atoms in total. The molecule has 0 aromatic heterocycles. The van der Waals surface area contributed by atoms with Crippen molar-refractivity contribution in [1.29, 1.82) is 0 Å². The van der Waals surface area contributed by atoms with Crippen LogP contribution in [-0.4, -0.2) is 54.3 Å². The van der Waals surface area contributed by atoms with Gasteiger partial charge < -0.3 is 5.11 Å². The van der Waals surface area contributed by atoms with Gasteiger partial charge in [-0.2, -0.15) is 17.0 Å². The van der Waals surface area contributed by atoms with E-state index in [4.69, 9.17) is 0 Å². The predicted molar refractivity (Wildman–Crippen MR) is 72.8 cm³/mol. The first-order valence-electron chi connectivity index (χ1n) is 6.55. The van der Waals surface area contributed by atoms with Crippen molar-refractivity contribution in [2.75, 3.05) is 20.1 Å². The Morgan fingerprint density at radius 3 is 2.11 bits per heavy atom. The highest BCUT2D eigenvalue weighted by Gasteiger charge is 2.44. The molecule has 0 unspecified atom stereocenters. The smallest absolute Gasteiger partial charge is 0.308 e. The van der Waals surface area contributed by atoms with E-state index < -0.39 is 22.1 Å². The van der Waals surface area contributed by atoms with Crippen LogP contribution in [0, 0.1) is 17.8 Å². The Balaban J connectivity index is 2.97. The van der Waals surface area contributed by atoms with E-state index in [1.165, 1.54) is 15.7 Å². The summed E-state index contributed by atoms with van der Waals surface area (Å²) in [5, 5.41) is 9.23. The second-order valence-corrected chi connectivity index (χ2v) is 7.78. The van der Waals surface area contributed by atoms with Crippen molar-refractivity contribution in [3.05, 3.63) is 0 Å². The van der Waals surface area contributed by atoms with Gasteiger partial charge in [-0.05, 0) is 25.7 Å². The molecule has 7 heteroatoms. The van der Waals surface area contributed by atoms with Crippen LogP contribution in [0.25, 0.3) is 0 Å². The Morgan fingerprint density at radius 2 is 1.79 bits per heavy atom. The molecule has 0 radical (unpaired) electrons. The number of carboxylic acid groups (broad SMARTS) is 1. The Labute approximate surface area is 115 Å². The Bertz CT molecular complexity index is 433. The second-order valence-electron chi connectivity index (χ2n) is 5.79. The maximum Gasteiger partial charge on any atom is 0.308 e. The van der Waals surface area contributed by atoms with Crippen LogP contribution in [0.15, 0.2) is 0 Å². The third-order valence-corrected chi connectivity index (χ3v) is 6.02. The molecule has 0 aromatic carbocycles. The molecule has 0 aromatic rings. The molecule has 0 saturated carbocycles. The molecule has 1 aliphatic heterocycles. The summed E-state index contributed by atoms with van der Waals surface area (Å²) < 4.78 is 27.3. The van der Waals surface area contributed by atoms with Gasteiger partial charge in [0.2, 0.25) is 0 Å². The van der Waals surface area contributed by atoms with Crippen LogP contribution in [0.1, 0.15) is 27.7 Å². The summed E-state index contributed by atoms with van der Waals surface area (Å²) in [4.78, 5) is 11.3. The van der Waals surface area contributed by atoms with Crippen LogP contribution >= 0.6 is 0 Å². The molecule has 1 aliphatic rings. The minimum Gasteiger partial charge on any atom is -0.481 e. The molecule has 1 fully saturated rings. The first kappa shape index (κ1) is 16.4. The van der Waals surface area contributed by atoms with E-state index in [1.54, 1.807) is 13.8 Å². The van der Waals surface area contributed by atoms with Crippen LogP contribution in [0.3, 0.4) is 0 Å². The molecule has 0 aliphatic carbocycles. The lowest BCUT2D eigenvalue weighted by Gasteiger charge is -2.27. The maximum atomic E-state index is 12.4.